The molecule has 0 unspecified atom stereocenters. The van der Waals surface area contributed by atoms with Crippen molar-refractivity contribution in [2.75, 3.05) is 16.0 Å². The molecule has 6 heteroatoms. The highest BCUT2D eigenvalue weighted by atomic mass is 16.1. The van der Waals surface area contributed by atoms with Crippen LogP contribution in [0.25, 0.3) is 0 Å². The summed E-state index contributed by atoms with van der Waals surface area (Å²) < 4.78 is 0. The van der Waals surface area contributed by atoms with E-state index in [-0.39, 0.29) is 5.91 Å². The molecule has 1 heterocycles. The molecule has 0 bridgehead atoms. The lowest BCUT2D eigenvalue weighted by molar-refractivity contribution is 0.102. The first kappa shape index (κ1) is 21.1. The highest BCUT2D eigenvalue weighted by molar-refractivity contribution is 6.06. The third-order valence-corrected chi connectivity index (χ3v) is 4.87. The zero-order valence-corrected chi connectivity index (χ0v) is 18.3. The number of benzene rings is 3. The van der Waals surface area contributed by atoms with Gasteiger partial charge in [-0.25, -0.2) is 9.97 Å². The first-order valence-corrected chi connectivity index (χ1v) is 10.4. The van der Waals surface area contributed by atoms with E-state index in [1.165, 1.54) is 5.56 Å². The van der Waals surface area contributed by atoms with Gasteiger partial charge in [-0.15, -0.1) is 0 Å². The van der Waals surface area contributed by atoms with Crippen molar-refractivity contribution in [1.82, 2.24) is 9.97 Å². The molecule has 0 saturated carbocycles. The molecule has 0 fully saturated rings. The molecule has 6 nitrogen and oxygen atoms in total. The van der Waals surface area contributed by atoms with Crippen molar-refractivity contribution in [3.05, 3.63) is 101 Å². The number of anilines is 5. The fourth-order valence-electron chi connectivity index (χ4n) is 3.34. The van der Waals surface area contributed by atoms with Crippen molar-refractivity contribution in [1.29, 1.82) is 0 Å². The first-order valence-electron chi connectivity index (χ1n) is 10.4. The molecule has 160 valence electrons. The van der Waals surface area contributed by atoms with Gasteiger partial charge in [-0.3, -0.25) is 4.79 Å². The lowest BCUT2D eigenvalue weighted by atomic mass is 10.1. The van der Waals surface area contributed by atoms with E-state index in [0.717, 1.165) is 28.5 Å². The van der Waals surface area contributed by atoms with Crippen LogP contribution in [0.2, 0.25) is 0 Å². The molecular weight excluding hydrogens is 398 g/mol. The van der Waals surface area contributed by atoms with Crippen molar-refractivity contribution in [2.45, 2.75) is 20.8 Å². The van der Waals surface area contributed by atoms with Crippen LogP contribution in [-0.4, -0.2) is 15.9 Å². The zero-order valence-electron chi connectivity index (χ0n) is 18.3. The number of hydrogen-bond acceptors (Lipinski definition) is 5. The topological polar surface area (TPSA) is 78.9 Å². The maximum atomic E-state index is 13.0. The molecule has 0 aliphatic carbocycles. The molecular formula is C26H25N5O. The molecule has 3 N–H and O–H groups in total. The molecule has 0 saturated heterocycles. The van der Waals surface area contributed by atoms with Crippen LogP contribution in [0.3, 0.4) is 0 Å². The van der Waals surface area contributed by atoms with Gasteiger partial charge < -0.3 is 16.0 Å². The normalized spacial score (nSPS) is 10.5. The molecule has 0 radical (unpaired) electrons. The summed E-state index contributed by atoms with van der Waals surface area (Å²) in [4.78, 5) is 21.8. The van der Waals surface area contributed by atoms with E-state index in [0.29, 0.717) is 17.2 Å². The highest BCUT2D eigenvalue weighted by Gasteiger charge is 2.11. The van der Waals surface area contributed by atoms with Crippen LogP contribution in [0.15, 0.2) is 78.9 Å². The predicted molar refractivity (Wildman–Crippen MR) is 130 cm³/mol. The minimum Gasteiger partial charge on any atom is -0.354 e. The Morgan fingerprint density at radius 3 is 2.09 bits per heavy atom. The van der Waals surface area contributed by atoms with Crippen LogP contribution in [0.4, 0.5) is 28.7 Å². The smallest absolute Gasteiger partial charge is 0.255 e. The van der Waals surface area contributed by atoms with E-state index in [2.05, 4.69) is 25.9 Å². The summed E-state index contributed by atoms with van der Waals surface area (Å²) in [7, 11) is 0. The summed E-state index contributed by atoms with van der Waals surface area (Å²) in [6, 6.07) is 24.9. The Labute approximate surface area is 187 Å². The average Bonchev–Trinajstić information content (AvgIpc) is 2.76. The van der Waals surface area contributed by atoms with E-state index in [1.54, 1.807) is 12.1 Å². The Balaban J connectivity index is 1.51. The highest BCUT2D eigenvalue weighted by Crippen LogP contribution is 2.26. The van der Waals surface area contributed by atoms with Gasteiger partial charge in [0.25, 0.3) is 5.91 Å². The number of carbonyl (C=O) groups is 1. The Bertz CT molecular complexity index is 1230. The van der Waals surface area contributed by atoms with E-state index < -0.39 is 0 Å². The van der Waals surface area contributed by atoms with Crippen LogP contribution < -0.4 is 16.0 Å². The Morgan fingerprint density at radius 2 is 1.38 bits per heavy atom. The Kier molecular flexibility index (Phi) is 6.12. The zero-order chi connectivity index (χ0) is 22.5. The number of aromatic nitrogens is 2. The van der Waals surface area contributed by atoms with Crippen LogP contribution in [0.1, 0.15) is 27.3 Å². The fourth-order valence-corrected chi connectivity index (χ4v) is 3.34. The monoisotopic (exact) mass is 423 g/mol. The number of carbonyl (C=O) groups excluding carboxylic acids is 1. The molecule has 0 aliphatic heterocycles. The molecule has 0 atom stereocenters. The number of hydrogen-bond donors (Lipinski definition) is 3. The third kappa shape index (κ3) is 5.29. The van der Waals surface area contributed by atoms with Crippen molar-refractivity contribution in [3.63, 3.8) is 0 Å². The Hall–Kier alpha value is -4.19. The molecule has 1 amide bonds. The lowest BCUT2D eigenvalue weighted by Crippen LogP contribution is -2.13. The number of nitrogens with zero attached hydrogens (tertiary/aromatic N) is 2. The fraction of sp³-hybridized carbons (Fsp3) is 0.115. The second-order valence-electron chi connectivity index (χ2n) is 7.67. The minimum atomic E-state index is -0.201. The second kappa shape index (κ2) is 9.31. The average molecular weight is 424 g/mol. The van der Waals surface area contributed by atoms with Crippen molar-refractivity contribution in [3.8, 4) is 0 Å². The van der Waals surface area contributed by atoms with E-state index in [4.69, 9.17) is 0 Å². The van der Waals surface area contributed by atoms with Gasteiger partial charge in [0.15, 0.2) is 0 Å². The molecule has 0 aliphatic rings. The Morgan fingerprint density at radius 1 is 0.688 bits per heavy atom. The first-order chi connectivity index (χ1) is 15.5. The number of amides is 1. The molecule has 4 aromatic rings. The van der Waals surface area contributed by atoms with Gasteiger partial charge in [0.2, 0.25) is 5.95 Å². The number of nitrogens with one attached hydrogen (secondary N) is 3. The van der Waals surface area contributed by atoms with Crippen molar-refractivity contribution in [2.24, 2.45) is 0 Å². The second-order valence-corrected chi connectivity index (χ2v) is 7.67. The number of aryl methyl sites for hydroxylation is 3. The minimum absolute atomic E-state index is 0.201. The van der Waals surface area contributed by atoms with Crippen molar-refractivity contribution >= 4 is 34.6 Å². The quantitative estimate of drug-likeness (QED) is 0.347. The standard InChI is InChI=1S/C26H25N5O/c1-17-11-13-21(14-12-17)29-23-9-4-5-10-24(23)31-25(32)20-7-6-8-22(16-20)30-26-27-18(2)15-19(3)28-26/h4-16,29H,1-3H3,(H,31,32)(H,27,28,30). The molecule has 3 aromatic carbocycles. The summed E-state index contributed by atoms with van der Waals surface area (Å²) in [6.45, 7) is 5.89. The predicted octanol–water partition coefficient (Wildman–Crippen LogP) is 6.14. The van der Waals surface area contributed by atoms with Crippen LogP contribution in [0, 0.1) is 20.8 Å². The molecule has 1 aromatic heterocycles. The van der Waals surface area contributed by atoms with Gasteiger partial charge in [0, 0.05) is 28.3 Å². The SMILES string of the molecule is Cc1ccc(Nc2ccccc2NC(=O)c2cccc(Nc3nc(C)cc(C)n3)c2)cc1. The van der Waals surface area contributed by atoms with Gasteiger partial charge >= 0.3 is 0 Å². The summed E-state index contributed by atoms with van der Waals surface area (Å²) in [5, 5.41) is 9.55. The molecule has 0 spiro atoms. The van der Waals surface area contributed by atoms with Gasteiger partial charge in [-0.05, 0) is 69.3 Å². The third-order valence-electron chi connectivity index (χ3n) is 4.87. The van der Waals surface area contributed by atoms with E-state index in [1.807, 2.05) is 87.5 Å². The van der Waals surface area contributed by atoms with Crippen LogP contribution in [-0.2, 0) is 0 Å². The van der Waals surface area contributed by atoms with Gasteiger partial charge in [-0.1, -0.05) is 35.9 Å². The largest absolute Gasteiger partial charge is 0.354 e. The van der Waals surface area contributed by atoms with Gasteiger partial charge in [0.05, 0.1) is 11.4 Å². The maximum Gasteiger partial charge on any atom is 0.255 e. The van der Waals surface area contributed by atoms with Crippen LogP contribution in [0.5, 0.6) is 0 Å². The van der Waals surface area contributed by atoms with Crippen molar-refractivity contribution < 1.29 is 4.79 Å². The lowest BCUT2D eigenvalue weighted by Gasteiger charge is -2.14. The molecule has 4 rings (SSSR count). The van der Waals surface area contributed by atoms with Gasteiger partial charge in [0.1, 0.15) is 0 Å². The van der Waals surface area contributed by atoms with E-state index in [9.17, 15) is 4.79 Å². The molecule has 32 heavy (non-hydrogen) atoms. The van der Waals surface area contributed by atoms with Crippen LogP contribution >= 0.6 is 0 Å². The summed E-state index contributed by atoms with van der Waals surface area (Å²) in [5.41, 5.74) is 6.71. The number of rotatable bonds is 6. The maximum absolute atomic E-state index is 13.0. The van der Waals surface area contributed by atoms with Gasteiger partial charge in [-0.2, -0.15) is 0 Å². The number of para-hydroxylation sites is 2. The van der Waals surface area contributed by atoms with E-state index >= 15 is 0 Å². The summed E-state index contributed by atoms with van der Waals surface area (Å²) in [5.74, 6) is 0.306. The summed E-state index contributed by atoms with van der Waals surface area (Å²) in [6.07, 6.45) is 0. The summed E-state index contributed by atoms with van der Waals surface area (Å²) >= 11 is 0.